The molecule has 2 rings (SSSR count). The summed E-state index contributed by atoms with van der Waals surface area (Å²) in [7, 11) is 0. The fourth-order valence-corrected chi connectivity index (χ4v) is 3.11. The van der Waals surface area contributed by atoms with Gasteiger partial charge in [-0.25, -0.2) is 4.39 Å². The Bertz CT molecular complexity index is 437. The molecule has 0 aromatic heterocycles. The van der Waals surface area contributed by atoms with Crippen LogP contribution in [0.15, 0.2) is 24.3 Å². The summed E-state index contributed by atoms with van der Waals surface area (Å²) < 4.78 is 14.3. The molecule has 0 radical (unpaired) electrons. The van der Waals surface area contributed by atoms with Crippen molar-refractivity contribution in [1.29, 1.82) is 0 Å². The number of nitrogens with zero attached hydrogens (tertiary/aromatic N) is 1. The molecule has 0 heterocycles. The molecule has 1 aromatic rings. The fraction of sp³-hybridized carbons (Fsp3) is 0.647. The van der Waals surface area contributed by atoms with Crippen LogP contribution >= 0.6 is 0 Å². The fourth-order valence-electron chi connectivity index (χ4n) is 3.11. The first kappa shape index (κ1) is 16.4. The number of benzene rings is 1. The van der Waals surface area contributed by atoms with Crippen LogP contribution in [0.5, 0.6) is 0 Å². The Labute approximate surface area is 126 Å². The molecule has 0 aliphatic heterocycles. The van der Waals surface area contributed by atoms with E-state index in [2.05, 4.69) is 4.90 Å². The van der Waals surface area contributed by atoms with Crippen LogP contribution in [-0.4, -0.2) is 35.2 Å². The molecule has 2 atom stereocenters. The molecule has 1 aliphatic rings. The lowest BCUT2D eigenvalue weighted by Crippen LogP contribution is -2.49. The molecular weight excluding hydrogens is 267 g/mol. The van der Waals surface area contributed by atoms with Crippen molar-refractivity contribution < 1.29 is 9.50 Å². The lowest BCUT2D eigenvalue weighted by atomic mass is 9.86. The molecule has 0 saturated heterocycles. The molecule has 118 valence electrons. The van der Waals surface area contributed by atoms with Gasteiger partial charge in [-0.1, -0.05) is 31.5 Å². The number of nitrogens with two attached hydrogens (primary N) is 1. The van der Waals surface area contributed by atoms with E-state index in [4.69, 9.17) is 10.8 Å². The zero-order valence-corrected chi connectivity index (χ0v) is 12.8. The third-order valence-electron chi connectivity index (χ3n) is 4.58. The topological polar surface area (TPSA) is 49.5 Å². The summed E-state index contributed by atoms with van der Waals surface area (Å²) in [5, 5.41) is 9.16. The van der Waals surface area contributed by atoms with Crippen LogP contribution < -0.4 is 5.73 Å². The second-order valence-electron chi connectivity index (χ2n) is 5.94. The van der Waals surface area contributed by atoms with Crippen LogP contribution in [0.2, 0.25) is 0 Å². The highest BCUT2D eigenvalue weighted by Gasteiger charge is 2.34. The number of halogens is 1. The summed E-state index contributed by atoms with van der Waals surface area (Å²) in [6.45, 7) is 2.98. The maximum Gasteiger partial charge on any atom is 0.128 e. The number of aliphatic hydroxyl groups excluding tert-OH is 1. The van der Waals surface area contributed by atoms with Crippen LogP contribution in [0.1, 0.15) is 50.6 Å². The normalized spacial score (nSPS) is 18.5. The Hall–Kier alpha value is -0.970. The van der Waals surface area contributed by atoms with Crippen molar-refractivity contribution in [2.45, 2.75) is 57.2 Å². The number of hydrogen-bond donors (Lipinski definition) is 2. The highest BCUT2D eigenvalue weighted by Crippen LogP contribution is 2.35. The van der Waals surface area contributed by atoms with Gasteiger partial charge in [0.05, 0.1) is 6.04 Å². The predicted octanol–water partition coefficient (Wildman–Crippen LogP) is 2.84. The predicted molar refractivity (Wildman–Crippen MR) is 83.5 cm³/mol. The first-order chi connectivity index (χ1) is 10.2. The Kier molecular flexibility index (Phi) is 6.15. The molecule has 1 saturated carbocycles. The van der Waals surface area contributed by atoms with Gasteiger partial charge < -0.3 is 10.8 Å². The zero-order valence-electron chi connectivity index (χ0n) is 12.8. The summed E-state index contributed by atoms with van der Waals surface area (Å²) in [5.41, 5.74) is 7.03. The average Bonchev–Trinajstić information content (AvgIpc) is 2.44. The van der Waals surface area contributed by atoms with E-state index in [0.29, 0.717) is 18.0 Å². The van der Waals surface area contributed by atoms with E-state index < -0.39 is 0 Å². The van der Waals surface area contributed by atoms with Crippen LogP contribution in [0, 0.1) is 5.82 Å². The molecule has 1 aromatic carbocycles. The van der Waals surface area contributed by atoms with Crippen molar-refractivity contribution in [2.75, 3.05) is 13.2 Å². The molecule has 0 bridgehead atoms. The quantitative estimate of drug-likeness (QED) is 0.775. The Morgan fingerprint density at radius 3 is 2.62 bits per heavy atom. The van der Waals surface area contributed by atoms with Gasteiger partial charge in [-0.3, -0.25) is 4.90 Å². The zero-order chi connectivity index (χ0) is 15.2. The summed E-state index contributed by atoms with van der Waals surface area (Å²) in [5.74, 6) is -0.181. The lowest BCUT2D eigenvalue weighted by Gasteiger charge is -2.45. The Balaban J connectivity index is 2.29. The minimum Gasteiger partial charge on any atom is -0.396 e. The summed E-state index contributed by atoms with van der Waals surface area (Å²) >= 11 is 0. The third kappa shape index (κ3) is 3.82. The number of aliphatic hydroxyl groups is 1. The van der Waals surface area contributed by atoms with Gasteiger partial charge in [-0.2, -0.15) is 0 Å². The molecule has 2 unspecified atom stereocenters. The average molecular weight is 294 g/mol. The van der Waals surface area contributed by atoms with Crippen molar-refractivity contribution in [3.63, 3.8) is 0 Å². The van der Waals surface area contributed by atoms with Gasteiger partial charge in [0.15, 0.2) is 0 Å². The molecule has 0 spiro atoms. The van der Waals surface area contributed by atoms with E-state index in [1.165, 1.54) is 12.5 Å². The van der Waals surface area contributed by atoms with Gasteiger partial charge in [0.1, 0.15) is 5.82 Å². The SMILES string of the molecule is CCC(N)C(c1ccccc1F)N(CCCO)C1CCC1. The van der Waals surface area contributed by atoms with Crippen molar-refractivity contribution >= 4 is 0 Å². The van der Waals surface area contributed by atoms with Crippen LogP contribution in [-0.2, 0) is 0 Å². The first-order valence-corrected chi connectivity index (χ1v) is 8.05. The van der Waals surface area contributed by atoms with E-state index in [1.807, 2.05) is 19.1 Å². The molecule has 3 nitrogen and oxygen atoms in total. The van der Waals surface area contributed by atoms with Crippen molar-refractivity contribution in [3.05, 3.63) is 35.6 Å². The first-order valence-electron chi connectivity index (χ1n) is 8.05. The second kappa shape index (κ2) is 7.87. The van der Waals surface area contributed by atoms with Crippen molar-refractivity contribution in [3.8, 4) is 0 Å². The smallest absolute Gasteiger partial charge is 0.128 e. The van der Waals surface area contributed by atoms with Crippen molar-refractivity contribution in [2.24, 2.45) is 5.73 Å². The monoisotopic (exact) mass is 294 g/mol. The summed E-state index contributed by atoms with van der Waals surface area (Å²) in [4.78, 5) is 2.33. The molecule has 1 fully saturated rings. The van der Waals surface area contributed by atoms with Gasteiger partial charge in [0.25, 0.3) is 0 Å². The van der Waals surface area contributed by atoms with Gasteiger partial charge in [0.2, 0.25) is 0 Å². The highest BCUT2D eigenvalue weighted by atomic mass is 19.1. The van der Waals surface area contributed by atoms with E-state index >= 15 is 0 Å². The van der Waals surface area contributed by atoms with Crippen LogP contribution in [0.4, 0.5) is 4.39 Å². The Morgan fingerprint density at radius 2 is 2.10 bits per heavy atom. The van der Waals surface area contributed by atoms with E-state index in [-0.39, 0.29) is 24.5 Å². The molecule has 0 amide bonds. The molecule has 3 N–H and O–H groups in total. The van der Waals surface area contributed by atoms with Gasteiger partial charge in [-0.15, -0.1) is 0 Å². The standard InChI is InChI=1S/C17H27FN2O/c1-2-16(19)17(14-9-3-4-10-15(14)18)20(11-6-12-21)13-7-5-8-13/h3-4,9-10,13,16-17,21H,2,5-8,11-12,19H2,1H3. The maximum atomic E-state index is 14.3. The molecule has 1 aliphatic carbocycles. The van der Waals surface area contributed by atoms with Crippen LogP contribution in [0.3, 0.4) is 0 Å². The number of rotatable bonds is 8. The van der Waals surface area contributed by atoms with Crippen molar-refractivity contribution in [1.82, 2.24) is 4.90 Å². The van der Waals surface area contributed by atoms with E-state index in [9.17, 15) is 4.39 Å². The minimum absolute atomic E-state index is 0.0961. The maximum absolute atomic E-state index is 14.3. The summed E-state index contributed by atoms with van der Waals surface area (Å²) in [6.07, 6.45) is 5.03. The third-order valence-corrected chi connectivity index (χ3v) is 4.58. The molecule has 4 heteroatoms. The lowest BCUT2D eigenvalue weighted by molar-refractivity contribution is 0.0563. The van der Waals surface area contributed by atoms with E-state index in [0.717, 1.165) is 25.8 Å². The van der Waals surface area contributed by atoms with Crippen LogP contribution in [0.25, 0.3) is 0 Å². The van der Waals surface area contributed by atoms with E-state index in [1.54, 1.807) is 6.07 Å². The second-order valence-corrected chi connectivity index (χ2v) is 5.94. The largest absolute Gasteiger partial charge is 0.396 e. The molecular formula is C17H27FN2O. The van der Waals surface area contributed by atoms with Gasteiger partial charge in [0, 0.05) is 30.8 Å². The summed E-state index contributed by atoms with van der Waals surface area (Å²) in [6, 6.07) is 7.22. The highest BCUT2D eigenvalue weighted by molar-refractivity contribution is 5.23. The van der Waals surface area contributed by atoms with Gasteiger partial charge >= 0.3 is 0 Å². The Morgan fingerprint density at radius 1 is 1.38 bits per heavy atom. The van der Waals surface area contributed by atoms with Gasteiger partial charge in [-0.05, 0) is 31.7 Å². The molecule has 21 heavy (non-hydrogen) atoms. The minimum atomic E-state index is -0.181. The number of hydrogen-bond acceptors (Lipinski definition) is 3.